The minimum atomic E-state index is 0.414. The van der Waals surface area contributed by atoms with E-state index < -0.39 is 0 Å². The number of nitrogens with two attached hydrogens (primary N) is 1. The first-order valence-corrected chi connectivity index (χ1v) is 8.27. The molecule has 2 heteroatoms. The Labute approximate surface area is 125 Å². The van der Waals surface area contributed by atoms with Crippen LogP contribution >= 0.6 is 22.6 Å². The summed E-state index contributed by atoms with van der Waals surface area (Å²) in [4.78, 5) is 0. The Morgan fingerprint density at radius 2 is 1.94 bits per heavy atom. The molecule has 0 spiro atoms. The molecule has 2 rings (SSSR count). The van der Waals surface area contributed by atoms with Crippen LogP contribution in [-0.4, -0.2) is 6.04 Å². The lowest BCUT2D eigenvalue weighted by atomic mass is 9.74. The van der Waals surface area contributed by atoms with Gasteiger partial charge in [-0.1, -0.05) is 31.9 Å². The van der Waals surface area contributed by atoms with Gasteiger partial charge >= 0.3 is 0 Å². The van der Waals surface area contributed by atoms with Crippen LogP contribution in [0.2, 0.25) is 0 Å². The predicted octanol–water partition coefficient (Wildman–Crippen LogP) is 4.38. The van der Waals surface area contributed by atoms with Crippen LogP contribution in [0.5, 0.6) is 0 Å². The van der Waals surface area contributed by atoms with Crippen molar-refractivity contribution >= 4 is 22.6 Å². The highest BCUT2D eigenvalue weighted by Gasteiger charge is 2.27. The zero-order chi connectivity index (χ0) is 13.0. The van der Waals surface area contributed by atoms with Crippen molar-refractivity contribution in [2.24, 2.45) is 17.6 Å². The fourth-order valence-corrected chi connectivity index (χ4v) is 3.57. The van der Waals surface area contributed by atoms with Crippen LogP contribution in [0.15, 0.2) is 24.3 Å². The molecule has 0 saturated heterocycles. The third-order valence-electron chi connectivity index (χ3n) is 4.26. The van der Waals surface area contributed by atoms with E-state index in [4.69, 9.17) is 5.73 Å². The van der Waals surface area contributed by atoms with Gasteiger partial charge in [-0.05, 0) is 77.8 Å². The minimum absolute atomic E-state index is 0.414. The number of hydrogen-bond acceptors (Lipinski definition) is 1. The minimum Gasteiger partial charge on any atom is -0.327 e. The standard InChI is InChI=1S/C16H24IN/c1-2-3-12-6-9-16(18)14(10-12)11-13-4-7-15(17)8-5-13/h4-5,7-8,12,14,16H,2-3,6,9-11,18H2,1H3. The van der Waals surface area contributed by atoms with Gasteiger partial charge in [0.15, 0.2) is 0 Å². The molecule has 0 heterocycles. The molecule has 1 nitrogen and oxygen atoms in total. The molecule has 0 bridgehead atoms. The molecule has 0 radical (unpaired) electrons. The fourth-order valence-electron chi connectivity index (χ4n) is 3.21. The topological polar surface area (TPSA) is 26.0 Å². The molecule has 18 heavy (non-hydrogen) atoms. The van der Waals surface area contributed by atoms with E-state index in [0.29, 0.717) is 12.0 Å². The van der Waals surface area contributed by atoms with Gasteiger partial charge in [0.2, 0.25) is 0 Å². The van der Waals surface area contributed by atoms with Crippen molar-refractivity contribution in [1.29, 1.82) is 0 Å². The summed E-state index contributed by atoms with van der Waals surface area (Å²) in [5.41, 5.74) is 7.77. The highest BCUT2D eigenvalue weighted by atomic mass is 127. The molecular formula is C16H24IN. The number of halogens is 1. The van der Waals surface area contributed by atoms with E-state index in [1.165, 1.54) is 41.2 Å². The monoisotopic (exact) mass is 357 g/mol. The fraction of sp³-hybridized carbons (Fsp3) is 0.625. The van der Waals surface area contributed by atoms with Crippen molar-refractivity contribution in [1.82, 2.24) is 0 Å². The van der Waals surface area contributed by atoms with Crippen LogP contribution in [-0.2, 0) is 6.42 Å². The second-order valence-electron chi connectivity index (χ2n) is 5.72. The van der Waals surface area contributed by atoms with Gasteiger partial charge in [-0.15, -0.1) is 0 Å². The molecule has 0 amide bonds. The molecule has 3 atom stereocenters. The van der Waals surface area contributed by atoms with E-state index in [1.807, 2.05) is 0 Å². The third kappa shape index (κ3) is 3.95. The lowest BCUT2D eigenvalue weighted by molar-refractivity contribution is 0.221. The SMILES string of the molecule is CCCC1CCC(N)C(Cc2ccc(I)cc2)C1. The Morgan fingerprint density at radius 1 is 1.22 bits per heavy atom. The Hall–Kier alpha value is -0.0900. The van der Waals surface area contributed by atoms with Crippen LogP contribution < -0.4 is 5.73 Å². The maximum absolute atomic E-state index is 6.31. The first-order valence-electron chi connectivity index (χ1n) is 7.19. The van der Waals surface area contributed by atoms with Gasteiger partial charge in [-0.3, -0.25) is 0 Å². The van der Waals surface area contributed by atoms with E-state index >= 15 is 0 Å². The number of benzene rings is 1. The largest absolute Gasteiger partial charge is 0.327 e. The molecule has 0 aliphatic heterocycles. The van der Waals surface area contributed by atoms with Crippen molar-refractivity contribution in [3.8, 4) is 0 Å². The van der Waals surface area contributed by atoms with Crippen LogP contribution in [0.25, 0.3) is 0 Å². The zero-order valence-corrected chi connectivity index (χ0v) is 13.4. The summed E-state index contributed by atoms with van der Waals surface area (Å²) >= 11 is 2.36. The van der Waals surface area contributed by atoms with Gasteiger partial charge < -0.3 is 5.73 Å². The van der Waals surface area contributed by atoms with E-state index in [-0.39, 0.29) is 0 Å². The van der Waals surface area contributed by atoms with E-state index in [0.717, 1.165) is 12.3 Å². The molecular weight excluding hydrogens is 333 g/mol. The molecule has 0 aromatic heterocycles. The van der Waals surface area contributed by atoms with Gasteiger partial charge in [0.25, 0.3) is 0 Å². The maximum atomic E-state index is 6.31. The molecule has 2 N–H and O–H groups in total. The predicted molar refractivity (Wildman–Crippen MR) is 86.6 cm³/mol. The summed E-state index contributed by atoms with van der Waals surface area (Å²) in [5, 5.41) is 0. The van der Waals surface area contributed by atoms with Crippen molar-refractivity contribution < 1.29 is 0 Å². The van der Waals surface area contributed by atoms with Crippen molar-refractivity contribution in [2.45, 2.75) is 51.5 Å². The van der Waals surface area contributed by atoms with Gasteiger partial charge in [0.05, 0.1) is 0 Å². The second-order valence-corrected chi connectivity index (χ2v) is 6.97. The summed E-state index contributed by atoms with van der Waals surface area (Å²) < 4.78 is 1.31. The average Bonchev–Trinajstić information content (AvgIpc) is 2.36. The lowest BCUT2D eigenvalue weighted by Gasteiger charge is -2.34. The molecule has 100 valence electrons. The lowest BCUT2D eigenvalue weighted by Crippen LogP contribution is -2.37. The van der Waals surface area contributed by atoms with Crippen LogP contribution in [0.1, 0.15) is 44.6 Å². The number of rotatable bonds is 4. The molecule has 1 aliphatic carbocycles. The quantitative estimate of drug-likeness (QED) is 0.796. The molecule has 1 aromatic carbocycles. The Morgan fingerprint density at radius 3 is 2.61 bits per heavy atom. The third-order valence-corrected chi connectivity index (χ3v) is 4.98. The summed E-state index contributed by atoms with van der Waals surface area (Å²) in [6, 6.07) is 9.34. The molecule has 1 fully saturated rings. The molecule has 1 saturated carbocycles. The smallest absolute Gasteiger partial charge is 0.0130 e. The van der Waals surface area contributed by atoms with Gasteiger partial charge in [-0.2, -0.15) is 0 Å². The molecule has 1 aliphatic rings. The van der Waals surface area contributed by atoms with E-state index in [1.54, 1.807) is 0 Å². The first-order chi connectivity index (χ1) is 8.69. The molecule has 3 unspecified atom stereocenters. The Kier molecular flexibility index (Phi) is 5.49. The Balaban J connectivity index is 1.95. The average molecular weight is 357 g/mol. The van der Waals surface area contributed by atoms with Crippen molar-refractivity contribution in [3.63, 3.8) is 0 Å². The van der Waals surface area contributed by atoms with E-state index in [9.17, 15) is 0 Å². The van der Waals surface area contributed by atoms with Crippen LogP contribution in [0.4, 0.5) is 0 Å². The summed E-state index contributed by atoms with van der Waals surface area (Å²) in [5.74, 6) is 1.61. The van der Waals surface area contributed by atoms with Crippen LogP contribution in [0, 0.1) is 15.4 Å². The number of hydrogen-bond donors (Lipinski definition) is 1. The van der Waals surface area contributed by atoms with Gasteiger partial charge in [0, 0.05) is 9.61 Å². The highest BCUT2D eigenvalue weighted by molar-refractivity contribution is 14.1. The molecule has 1 aromatic rings. The summed E-state index contributed by atoms with van der Waals surface area (Å²) in [7, 11) is 0. The van der Waals surface area contributed by atoms with Crippen LogP contribution in [0.3, 0.4) is 0 Å². The Bertz CT molecular complexity index is 360. The zero-order valence-electron chi connectivity index (χ0n) is 11.2. The van der Waals surface area contributed by atoms with Gasteiger partial charge in [0.1, 0.15) is 0 Å². The first kappa shape index (κ1) is 14.3. The van der Waals surface area contributed by atoms with Crippen molar-refractivity contribution in [2.75, 3.05) is 0 Å². The second kappa shape index (κ2) is 6.90. The summed E-state index contributed by atoms with van der Waals surface area (Å²) in [6.07, 6.45) is 7.77. The maximum Gasteiger partial charge on any atom is 0.0130 e. The van der Waals surface area contributed by atoms with Gasteiger partial charge in [-0.25, -0.2) is 0 Å². The highest BCUT2D eigenvalue weighted by Crippen LogP contribution is 2.33. The van der Waals surface area contributed by atoms with Crippen molar-refractivity contribution in [3.05, 3.63) is 33.4 Å². The van der Waals surface area contributed by atoms with E-state index in [2.05, 4.69) is 53.8 Å². The summed E-state index contributed by atoms with van der Waals surface area (Å²) in [6.45, 7) is 2.29. The normalized spacial score (nSPS) is 28.3.